The standard InChI is InChI=1S/C13H16O4/c1-3-13(16-7-8-17-13)11-6-4-5-10(9-11)12(14)15-2/h4-6,9H,3,7-8H2,1-2H3. The van der Waals surface area contributed by atoms with Crippen molar-refractivity contribution in [3.8, 4) is 0 Å². The fraction of sp³-hybridized carbons (Fsp3) is 0.462. The van der Waals surface area contributed by atoms with Crippen LogP contribution in [-0.2, 0) is 20.0 Å². The fourth-order valence-electron chi connectivity index (χ4n) is 2.03. The number of benzene rings is 1. The number of esters is 1. The van der Waals surface area contributed by atoms with Gasteiger partial charge in [0.1, 0.15) is 0 Å². The zero-order valence-corrected chi connectivity index (χ0v) is 10.1. The normalized spacial score (nSPS) is 18.0. The van der Waals surface area contributed by atoms with E-state index in [4.69, 9.17) is 14.2 Å². The largest absolute Gasteiger partial charge is 0.465 e. The maximum absolute atomic E-state index is 11.5. The van der Waals surface area contributed by atoms with Crippen LogP contribution in [0.4, 0.5) is 0 Å². The van der Waals surface area contributed by atoms with Gasteiger partial charge in [-0.25, -0.2) is 4.79 Å². The predicted octanol–water partition coefficient (Wildman–Crippen LogP) is 2.08. The van der Waals surface area contributed by atoms with Crippen LogP contribution in [0, 0.1) is 0 Å². The van der Waals surface area contributed by atoms with Crippen LogP contribution in [0.2, 0.25) is 0 Å². The molecule has 0 atom stereocenters. The maximum atomic E-state index is 11.5. The molecule has 1 aromatic carbocycles. The van der Waals surface area contributed by atoms with E-state index in [1.807, 2.05) is 19.1 Å². The molecule has 0 N–H and O–H groups in total. The molecule has 1 aromatic rings. The van der Waals surface area contributed by atoms with Crippen molar-refractivity contribution in [1.29, 1.82) is 0 Å². The van der Waals surface area contributed by atoms with Gasteiger partial charge in [-0.05, 0) is 12.1 Å². The van der Waals surface area contributed by atoms with Gasteiger partial charge in [0.25, 0.3) is 0 Å². The molecule has 1 heterocycles. The number of methoxy groups -OCH3 is 1. The summed E-state index contributed by atoms with van der Waals surface area (Å²) in [6.07, 6.45) is 0.706. The summed E-state index contributed by atoms with van der Waals surface area (Å²) >= 11 is 0. The summed E-state index contributed by atoms with van der Waals surface area (Å²) in [6.45, 7) is 3.16. The van der Waals surface area contributed by atoms with E-state index in [0.29, 0.717) is 25.2 Å². The first-order valence-corrected chi connectivity index (χ1v) is 5.68. The quantitative estimate of drug-likeness (QED) is 0.754. The molecule has 1 aliphatic heterocycles. The highest BCUT2D eigenvalue weighted by atomic mass is 16.7. The van der Waals surface area contributed by atoms with E-state index in [1.165, 1.54) is 7.11 Å². The molecule has 0 saturated carbocycles. The second kappa shape index (κ2) is 4.85. The molecule has 0 spiro atoms. The van der Waals surface area contributed by atoms with Gasteiger partial charge in [0.2, 0.25) is 0 Å². The van der Waals surface area contributed by atoms with Crippen molar-refractivity contribution in [3.63, 3.8) is 0 Å². The number of rotatable bonds is 3. The molecule has 0 radical (unpaired) electrons. The van der Waals surface area contributed by atoms with Gasteiger partial charge in [-0.2, -0.15) is 0 Å². The Labute approximate surface area is 100 Å². The first-order valence-electron chi connectivity index (χ1n) is 5.68. The molecule has 1 aliphatic rings. The van der Waals surface area contributed by atoms with E-state index in [1.54, 1.807) is 12.1 Å². The van der Waals surface area contributed by atoms with Crippen LogP contribution in [0.1, 0.15) is 29.3 Å². The Morgan fingerprint density at radius 3 is 2.71 bits per heavy atom. The van der Waals surface area contributed by atoms with E-state index in [-0.39, 0.29) is 5.97 Å². The predicted molar refractivity (Wildman–Crippen MR) is 61.7 cm³/mol. The molecule has 0 amide bonds. The third-order valence-electron chi connectivity index (χ3n) is 2.94. The van der Waals surface area contributed by atoms with Crippen molar-refractivity contribution in [2.75, 3.05) is 20.3 Å². The molecule has 4 heteroatoms. The smallest absolute Gasteiger partial charge is 0.337 e. The molecule has 92 valence electrons. The molecular formula is C13H16O4. The highest BCUT2D eigenvalue weighted by Crippen LogP contribution is 2.34. The minimum atomic E-state index is -0.704. The van der Waals surface area contributed by atoms with Gasteiger partial charge in [-0.15, -0.1) is 0 Å². The van der Waals surface area contributed by atoms with Crippen LogP contribution in [-0.4, -0.2) is 26.3 Å². The fourth-order valence-corrected chi connectivity index (χ4v) is 2.03. The monoisotopic (exact) mass is 236 g/mol. The van der Waals surface area contributed by atoms with Gasteiger partial charge >= 0.3 is 5.97 Å². The van der Waals surface area contributed by atoms with Gasteiger partial charge in [0.15, 0.2) is 5.79 Å². The Bertz CT molecular complexity index is 408. The van der Waals surface area contributed by atoms with Crippen molar-refractivity contribution in [2.45, 2.75) is 19.1 Å². The van der Waals surface area contributed by atoms with Gasteiger partial charge in [-0.3, -0.25) is 0 Å². The average Bonchev–Trinajstić information content (AvgIpc) is 2.88. The van der Waals surface area contributed by atoms with E-state index in [0.717, 1.165) is 5.56 Å². The van der Waals surface area contributed by atoms with Gasteiger partial charge in [0.05, 0.1) is 25.9 Å². The molecule has 0 aromatic heterocycles. The number of carbonyl (C=O) groups is 1. The lowest BCUT2D eigenvalue weighted by molar-refractivity contribution is -0.167. The number of hydrogen-bond donors (Lipinski definition) is 0. The van der Waals surface area contributed by atoms with Crippen LogP contribution in [0.25, 0.3) is 0 Å². The minimum Gasteiger partial charge on any atom is -0.465 e. The van der Waals surface area contributed by atoms with Crippen LogP contribution >= 0.6 is 0 Å². The molecule has 4 nitrogen and oxygen atoms in total. The molecule has 1 saturated heterocycles. The summed E-state index contributed by atoms with van der Waals surface area (Å²) in [5, 5.41) is 0. The zero-order valence-electron chi connectivity index (χ0n) is 10.1. The third kappa shape index (κ3) is 2.18. The Kier molecular flexibility index (Phi) is 3.45. The first-order chi connectivity index (χ1) is 8.22. The molecule has 0 aliphatic carbocycles. The van der Waals surface area contributed by atoms with E-state index < -0.39 is 5.79 Å². The highest BCUT2D eigenvalue weighted by Gasteiger charge is 2.36. The lowest BCUT2D eigenvalue weighted by Gasteiger charge is -2.26. The number of ether oxygens (including phenoxy) is 3. The van der Waals surface area contributed by atoms with E-state index in [9.17, 15) is 4.79 Å². The summed E-state index contributed by atoms with van der Waals surface area (Å²) in [4.78, 5) is 11.5. The van der Waals surface area contributed by atoms with Crippen molar-refractivity contribution < 1.29 is 19.0 Å². The minimum absolute atomic E-state index is 0.351. The second-order valence-corrected chi connectivity index (χ2v) is 3.88. The summed E-state index contributed by atoms with van der Waals surface area (Å²) < 4.78 is 16.0. The van der Waals surface area contributed by atoms with Crippen LogP contribution in [0.15, 0.2) is 24.3 Å². The maximum Gasteiger partial charge on any atom is 0.337 e. The first kappa shape index (κ1) is 12.1. The molecule has 1 fully saturated rings. The Hall–Kier alpha value is -1.39. The lowest BCUT2D eigenvalue weighted by Crippen LogP contribution is -2.26. The number of hydrogen-bond acceptors (Lipinski definition) is 4. The summed E-state index contributed by atoms with van der Waals surface area (Å²) in [6, 6.07) is 7.19. The van der Waals surface area contributed by atoms with E-state index in [2.05, 4.69) is 0 Å². The molecule has 0 bridgehead atoms. The Balaban J connectivity index is 2.35. The molecular weight excluding hydrogens is 220 g/mol. The third-order valence-corrected chi connectivity index (χ3v) is 2.94. The van der Waals surface area contributed by atoms with Crippen molar-refractivity contribution in [1.82, 2.24) is 0 Å². The SMILES string of the molecule is CCC1(c2cccc(C(=O)OC)c2)OCCO1. The number of carbonyl (C=O) groups excluding carboxylic acids is 1. The van der Waals surface area contributed by atoms with Gasteiger partial charge < -0.3 is 14.2 Å². The van der Waals surface area contributed by atoms with Crippen LogP contribution in [0.5, 0.6) is 0 Å². The van der Waals surface area contributed by atoms with Gasteiger partial charge in [0, 0.05) is 12.0 Å². The summed E-state index contributed by atoms with van der Waals surface area (Å²) in [5.74, 6) is -1.06. The summed E-state index contributed by atoms with van der Waals surface area (Å²) in [7, 11) is 1.37. The zero-order chi connectivity index (χ0) is 12.3. The average molecular weight is 236 g/mol. The van der Waals surface area contributed by atoms with Crippen LogP contribution in [0.3, 0.4) is 0 Å². The Morgan fingerprint density at radius 1 is 1.41 bits per heavy atom. The molecule has 0 unspecified atom stereocenters. The van der Waals surface area contributed by atoms with Gasteiger partial charge in [-0.1, -0.05) is 19.1 Å². The van der Waals surface area contributed by atoms with Crippen molar-refractivity contribution in [3.05, 3.63) is 35.4 Å². The van der Waals surface area contributed by atoms with E-state index >= 15 is 0 Å². The van der Waals surface area contributed by atoms with Crippen molar-refractivity contribution in [2.24, 2.45) is 0 Å². The van der Waals surface area contributed by atoms with Crippen molar-refractivity contribution >= 4 is 5.97 Å². The lowest BCUT2D eigenvalue weighted by atomic mass is 10.0. The molecule has 2 rings (SSSR count). The Morgan fingerprint density at radius 2 is 2.12 bits per heavy atom. The topological polar surface area (TPSA) is 44.8 Å². The van der Waals surface area contributed by atoms with Crippen LogP contribution < -0.4 is 0 Å². The summed E-state index contributed by atoms with van der Waals surface area (Å²) in [5.41, 5.74) is 1.37. The highest BCUT2D eigenvalue weighted by molar-refractivity contribution is 5.89. The molecule has 17 heavy (non-hydrogen) atoms. The second-order valence-electron chi connectivity index (χ2n) is 3.88.